The molecule has 32 heavy (non-hydrogen) atoms. The van der Waals surface area contributed by atoms with Crippen LogP contribution in [-0.2, 0) is 26.2 Å². The molecule has 7 nitrogen and oxygen atoms in total. The molecule has 2 rings (SSSR count). The molecule has 0 aromatic carbocycles. The molecular formula is C25H46N4O3. The van der Waals surface area contributed by atoms with E-state index in [1.165, 1.54) is 89.2 Å². The molecule has 0 aliphatic carbocycles. The fourth-order valence-electron chi connectivity index (χ4n) is 3.34. The molecule has 0 aliphatic heterocycles. The maximum Gasteiger partial charge on any atom is 0.253 e. The first-order valence-corrected chi connectivity index (χ1v) is 12.3. The first-order valence-electron chi connectivity index (χ1n) is 12.3. The van der Waals surface area contributed by atoms with E-state index in [-0.39, 0.29) is 0 Å². The standard InChI is InChI=1S/2C12H23N2.CH2O3/c2*1-4-6-8-13-10-11-14(12(13)3)9-7-5-2;2-1(3)4/h2*10-11H,4-9H2,1-3H3;(H2,2,3,4)/q2*+1;/p-2. The normalized spacial score (nSPS) is 10.2. The molecule has 0 N–H and O–H groups in total. The van der Waals surface area contributed by atoms with Crippen LogP contribution in [0, 0.1) is 13.8 Å². The molecule has 2 aromatic rings. The molecule has 0 saturated carbocycles. The molecule has 0 spiro atoms. The van der Waals surface area contributed by atoms with E-state index in [0.29, 0.717) is 0 Å². The van der Waals surface area contributed by atoms with Gasteiger partial charge in [0.05, 0.1) is 26.2 Å². The molecule has 0 saturated heterocycles. The third-order valence-electron chi connectivity index (χ3n) is 5.53. The second-order valence-electron chi connectivity index (χ2n) is 8.13. The van der Waals surface area contributed by atoms with Gasteiger partial charge in [0, 0.05) is 13.8 Å². The molecule has 0 fully saturated rings. The summed E-state index contributed by atoms with van der Waals surface area (Å²) < 4.78 is 9.44. The van der Waals surface area contributed by atoms with Gasteiger partial charge in [-0.25, -0.2) is 18.3 Å². The number of imidazole rings is 2. The number of carboxylic acid groups (broad SMARTS) is 2. The van der Waals surface area contributed by atoms with E-state index in [1.807, 2.05) is 0 Å². The summed E-state index contributed by atoms with van der Waals surface area (Å²) >= 11 is 0. The molecule has 2 heterocycles. The van der Waals surface area contributed by atoms with Gasteiger partial charge < -0.3 is 15.0 Å². The molecular weight excluding hydrogens is 404 g/mol. The Hall–Kier alpha value is -2.31. The lowest BCUT2D eigenvalue weighted by Crippen LogP contribution is -2.37. The first kappa shape index (κ1) is 29.7. The van der Waals surface area contributed by atoms with Crippen LogP contribution < -0.4 is 19.3 Å². The minimum absolute atomic E-state index is 1.17. The van der Waals surface area contributed by atoms with Gasteiger partial charge in [0.25, 0.3) is 11.6 Å². The predicted octanol–water partition coefficient (Wildman–Crippen LogP) is 2.92. The molecule has 2 aromatic heterocycles. The van der Waals surface area contributed by atoms with Crippen molar-refractivity contribution in [3.05, 3.63) is 36.4 Å². The molecule has 0 atom stereocenters. The van der Waals surface area contributed by atoms with Gasteiger partial charge in [-0.15, -0.1) is 0 Å². The van der Waals surface area contributed by atoms with Gasteiger partial charge in [0.2, 0.25) is 0 Å². The van der Waals surface area contributed by atoms with Crippen molar-refractivity contribution in [2.45, 2.75) is 119 Å². The van der Waals surface area contributed by atoms with Crippen LogP contribution in [0.4, 0.5) is 4.79 Å². The summed E-state index contributed by atoms with van der Waals surface area (Å²) in [6.45, 7) is 18.1. The number of hydrogen-bond acceptors (Lipinski definition) is 3. The highest BCUT2D eigenvalue weighted by Crippen LogP contribution is 2.00. The number of unbranched alkanes of at least 4 members (excludes halogenated alkanes) is 4. The quantitative estimate of drug-likeness (QED) is 0.466. The Kier molecular flexibility index (Phi) is 17.0. The lowest BCUT2D eigenvalue weighted by molar-refractivity contribution is -0.703. The van der Waals surface area contributed by atoms with Crippen LogP contribution in [0.5, 0.6) is 0 Å². The van der Waals surface area contributed by atoms with E-state index >= 15 is 0 Å². The fourth-order valence-corrected chi connectivity index (χ4v) is 3.34. The number of carbonyl (C=O) groups excluding carboxylic acids is 1. The van der Waals surface area contributed by atoms with E-state index in [4.69, 9.17) is 15.0 Å². The summed E-state index contributed by atoms with van der Waals surface area (Å²) in [4.78, 5) is 8.33. The van der Waals surface area contributed by atoms with Gasteiger partial charge in [-0.3, -0.25) is 0 Å². The Morgan fingerprint density at radius 1 is 0.719 bits per heavy atom. The van der Waals surface area contributed by atoms with Crippen LogP contribution in [0.2, 0.25) is 0 Å². The first-order chi connectivity index (χ1) is 15.3. The maximum atomic E-state index is 8.33. The molecule has 0 unspecified atom stereocenters. The van der Waals surface area contributed by atoms with E-state index in [2.05, 4.69) is 84.6 Å². The third kappa shape index (κ3) is 12.5. The number of aromatic nitrogens is 4. The Bertz CT molecular complexity index is 626. The van der Waals surface area contributed by atoms with Gasteiger partial charge >= 0.3 is 0 Å². The van der Waals surface area contributed by atoms with E-state index in [1.54, 1.807) is 0 Å². The zero-order valence-corrected chi connectivity index (χ0v) is 21.3. The summed E-state index contributed by atoms with van der Waals surface area (Å²) in [6.07, 6.45) is 16.7. The zero-order chi connectivity index (χ0) is 24.4. The van der Waals surface area contributed by atoms with Gasteiger partial charge in [-0.2, -0.15) is 0 Å². The van der Waals surface area contributed by atoms with Crippen LogP contribution in [0.3, 0.4) is 0 Å². The molecule has 0 radical (unpaired) electrons. The summed E-state index contributed by atoms with van der Waals surface area (Å²) in [5, 5.41) is 16.7. The van der Waals surface area contributed by atoms with Crippen molar-refractivity contribution in [3.63, 3.8) is 0 Å². The molecule has 0 aliphatic rings. The highest BCUT2D eigenvalue weighted by molar-refractivity contribution is 5.47. The third-order valence-corrected chi connectivity index (χ3v) is 5.53. The van der Waals surface area contributed by atoms with Gasteiger partial charge in [-0.1, -0.05) is 53.4 Å². The Balaban J connectivity index is 0.000000515. The topological polar surface area (TPSA) is 80.8 Å². The summed E-state index contributed by atoms with van der Waals surface area (Å²) in [6, 6.07) is 0. The number of nitrogens with zero attached hydrogens (tertiary/aromatic N) is 4. The summed E-state index contributed by atoms with van der Waals surface area (Å²) in [5.74, 6) is 2.79. The summed E-state index contributed by atoms with van der Waals surface area (Å²) in [7, 11) is 0. The van der Waals surface area contributed by atoms with Crippen molar-refractivity contribution in [3.8, 4) is 0 Å². The Morgan fingerprint density at radius 2 is 1.03 bits per heavy atom. The van der Waals surface area contributed by atoms with Crippen molar-refractivity contribution < 1.29 is 24.1 Å². The SMILES string of the molecule is CCCCn1cc[n+](CCCC)c1C.CCCCn1cc[n+](CCCC)c1C.O=C([O-])[O-]. The van der Waals surface area contributed by atoms with Gasteiger partial charge in [-0.05, 0) is 31.8 Å². The molecule has 0 amide bonds. The van der Waals surface area contributed by atoms with E-state index in [0.717, 1.165) is 0 Å². The van der Waals surface area contributed by atoms with Crippen LogP contribution in [0.25, 0.3) is 0 Å². The van der Waals surface area contributed by atoms with Crippen LogP contribution in [-0.4, -0.2) is 15.3 Å². The van der Waals surface area contributed by atoms with Crippen LogP contribution in [0.1, 0.15) is 90.7 Å². The molecule has 0 bridgehead atoms. The van der Waals surface area contributed by atoms with E-state index < -0.39 is 6.16 Å². The number of aryl methyl sites for hydroxylation is 4. The van der Waals surface area contributed by atoms with Crippen molar-refractivity contribution in [2.24, 2.45) is 0 Å². The average Bonchev–Trinajstić information content (AvgIpc) is 3.29. The van der Waals surface area contributed by atoms with Crippen molar-refractivity contribution >= 4 is 6.16 Å². The number of carbonyl (C=O) groups is 1. The van der Waals surface area contributed by atoms with Gasteiger partial charge in [0.1, 0.15) is 24.8 Å². The Morgan fingerprint density at radius 3 is 1.31 bits per heavy atom. The average molecular weight is 451 g/mol. The number of hydrogen-bond donors (Lipinski definition) is 0. The van der Waals surface area contributed by atoms with Crippen molar-refractivity contribution in [1.29, 1.82) is 0 Å². The van der Waals surface area contributed by atoms with Crippen molar-refractivity contribution in [1.82, 2.24) is 9.13 Å². The highest BCUT2D eigenvalue weighted by atomic mass is 16.6. The Labute approximate surface area is 195 Å². The molecule has 184 valence electrons. The predicted molar refractivity (Wildman–Crippen MR) is 124 cm³/mol. The lowest BCUT2D eigenvalue weighted by Gasteiger charge is -1.99. The second kappa shape index (κ2) is 18.3. The minimum Gasteiger partial charge on any atom is -0.652 e. The van der Waals surface area contributed by atoms with Crippen LogP contribution >= 0.6 is 0 Å². The summed E-state index contributed by atoms with van der Waals surface area (Å²) in [5.41, 5.74) is 0. The lowest BCUT2D eigenvalue weighted by atomic mass is 10.3. The minimum atomic E-state index is -2.33. The maximum absolute atomic E-state index is 8.33. The van der Waals surface area contributed by atoms with E-state index in [9.17, 15) is 0 Å². The molecule has 7 heteroatoms. The smallest absolute Gasteiger partial charge is 0.253 e. The second-order valence-corrected chi connectivity index (χ2v) is 8.13. The van der Waals surface area contributed by atoms with Crippen molar-refractivity contribution in [2.75, 3.05) is 0 Å². The number of rotatable bonds is 12. The monoisotopic (exact) mass is 450 g/mol. The fraction of sp³-hybridized carbons (Fsp3) is 0.720. The van der Waals surface area contributed by atoms with Crippen LogP contribution in [0.15, 0.2) is 24.8 Å². The largest absolute Gasteiger partial charge is 0.652 e. The zero-order valence-electron chi connectivity index (χ0n) is 21.3. The highest BCUT2D eigenvalue weighted by Gasteiger charge is 2.11. The van der Waals surface area contributed by atoms with Gasteiger partial charge in [0.15, 0.2) is 0 Å².